The Kier molecular flexibility index (Phi) is 6.38. The van der Waals surface area contributed by atoms with E-state index in [1.165, 1.54) is 11.8 Å². The van der Waals surface area contributed by atoms with Crippen LogP contribution in [-0.4, -0.2) is 29.0 Å². The van der Waals surface area contributed by atoms with Crippen LogP contribution in [-0.2, 0) is 4.79 Å². The fraction of sp³-hybridized carbons (Fsp3) is 0.312. The fourth-order valence-electron chi connectivity index (χ4n) is 2.40. The van der Waals surface area contributed by atoms with Crippen molar-refractivity contribution in [3.8, 4) is 0 Å². The summed E-state index contributed by atoms with van der Waals surface area (Å²) in [6.07, 6.45) is 4.36. The Labute approximate surface area is 146 Å². The number of amides is 1. The van der Waals surface area contributed by atoms with Gasteiger partial charge in [0.15, 0.2) is 5.16 Å². The molecule has 122 valence electrons. The Morgan fingerprint density at radius 2 is 2.13 bits per heavy atom. The number of rotatable bonds is 4. The second-order valence-electron chi connectivity index (χ2n) is 5.29. The molecule has 2 N–H and O–H groups in total. The zero-order valence-corrected chi connectivity index (χ0v) is 14.4. The van der Waals surface area contributed by atoms with Gasteiger partial charge >= 0.3 is 0 Å². The third-order valence-corrected chi connectivity index (χ3v) is 4.52. The van der Waals surface area contributed by atoms with Crippen LogP contribution in [0, 0.1) is 12.8 Å². The summed E-state index contributed by atoms with van der Waals surface area (Å²) < 4.78 is 0. The first-order valence-corrected chi connectivity index (χ1v) is 8.11. The monoisotopic (exact) mass is 350 g/mol. The number of carbonyl (C=O) groups excluding carboxylic acids is 1. The number of nitrogens with zero attached hydrogens (tertiary/aromatic N) is 2. The van der Waals surface area contributed by atoms with Crippen LogP contribution < -0.4 is 10.6 Å². The average molecular weight is 351 g/mol. The van der Waals surface area contributed by atoms with Crippen LogP contribution in [0.5, 0.6) is 0 Å². The molecule has 1 aliphatic heterocycles. The highest BCUT2D eigenvalue weighted by Crippen LogP contribution is 2.28. The molecule has 1 saturated heterocycles. The second kappa shape index (κ2) is 8.29. The van der Waals surface area contributed by atoms with E-state index in [0.717, 1.165) is 40.8 Å². The molecule has 1 amide bonds. The molecule has 2 heterocycles. The van der Waals surface area contributed by atoms with Gasteiger partial charge in [0.25, 0.3) is 0 Å². The van der Waals surface area contributed by atoms with Crippen molar-refractivity contribution in [2.45, 2.75) is 23.4 Å². The van der Waals surface area contributed by atoms with Crippen molar-refractivity contribution in [2.24, 2.45) is 5.92 Å². The van der Waals surface area contributed by atoms with Gasteiger partial charge in [-0.15, -0.1) is 12.4 Å². The van der Waals surface area contributed by atoms with E-state index in [4.69, 9.17) is 0 Å². The number of hydrogen-bond acceptors (Lipinski definition) is 5. The number of aromatic nitrogens is 2. The number of hydrogen-bond donors (Lipinski definition) is 2. The molecular formula is C16H19ClN4OS. The summed E-state index contributed by atoms with van der Waals surface area (Å²) in [5.74, 6) is 0.172. The molecule has 23 heavy (non-hydrogen) atoms. The molecule has 7 heteroatoms. The number of aryl methyl sites for hydroxylation is 1. The largest absolute Gasteiger partial charge is 0.326 e. The number of halogens is 1. The summed E-state index contributed by atoms with van der Waals surface area (Å²) in [5, 5.41) is 6.95. The standard InChI is InChI=1S/C16H18N4OS.ClH/c1-11-9-13(22-16-18-6-2-7-19-16)3-4-14(11)20-15(21)12-5-8-17-10-12;/h2-4,6-7,9,12,17H,5,8,10H2,1H3,(H,20,21);1H. The molecule has 0 spiro atoms. The van der Waals surface area contributed by atoms with Crippen LogP contribution in [0.4, 0.5) is 5.69 Å². The van der Waals surface area contributed by atoms with Gasteiger partial charge in [0, 0.05) is 29.5 Å². The quantitative estimate of drug-likeness (QED) is 0.830. The molecule has 1 atom stereocenters. The van der Waals surface area contributed by atoms with Gasteiger partial charge in [-0.3, -0.25) is 4.79 Å². The van der Waals surface area contributed by atoms with Crippen molar-refractivity contribution in [3.05, 3.63) is 42.2 Å². The lowest BCUT2D eigenvalue weighted by molar-refractivity contribution is -0.119. The number of benzene rings is 1. The van der Waals surface area contributed by atoms with Gasteiger partial charge in [0.05, 0.1) is 5.92 Å². The van der Waals surface area contributed by atoms with Crippen molar-refractivity contribution >= 4 is 35.8 Å². The van der Waals surface area contributed by atoms with Gasteiger partial charge in [-0.1, -0.05) is 0 Å². The Balaban J connectivity index is 0.00000192. The van der Waals surface area contributed by atoms with Gasteiger partial charge in [-0.05, 0) is 61.5 Å². The Bertz CT molecular complexity index is 662. The van der Waals surface area contributed by atoms with E-state index >= 15 is 0 Å². The van der Waals surface area contributed by atoms with E-state index in [-0.39, 0.29) is 24.2 Å². The lowest BCUT2D eigenvalue weighted by Gasteiger charge is -2.13. The zero-order valence-electron chi connectivity index (χ0n) is 12.8. The van der Waals surface area contributed by atoms with Crippen molar-refractivity contribution in [3.63, 3.8) is 0 Å². The van der Waals surface area contributed by atoms with Gasteiger partial charge in [0.2, 0.25) is 5.91 Å². The van der Waals surface area contributed by atoms with Crippen LogP contribution in [0.2, 0.25) is 0 Å². The highest BCUT2D eigenvalue weighted by atomic mass is 35.5. The third-order valence-electron chi connectivity index (χ3n) is 3.64. The van der Waals surface area contributed by atoms with Crippen LogP contribution >= 0.6 is 24.2 Å². The first-order valence-electron chi connectivity index (χ1n) is 7.29. The molecule has 5 nitrogen and oxygen atoms in total. The van der Waals surface area contributed by atoms with Crippen molar-refractivity contribution in [2.75, 3.05) is 18.4 Å². The van der Waals surface area contributed by atoms with Crippen LogP contribution in [0.3, 0.4) is 0 Å². The van der Waals surface area contributed by atoms with Crippen LogP contribution in [0.25, 0.3) is 0 Å². The summed E-state index contributed by atoms with van der Waals surface area (Å²) in [7, 11) is 0. The maximum absolute atomic E-state index is 12.2. The fourth-order valence-corrected chi connectivity index (χ4v) is 3.21. The van der Waals surface area contributed by atoms with Crippen molar-refractivity contribution < 1.29 is 4.79 Å². The van der Waals surface area contributed by atoms with Gasteiger partial charge in [-0.2, -0.15) is 0 Å². The molecule has 1 aromatic heterocycles. The van der Waals surface area contributed by atoms with Crippen LogP contribution in [0.1, 0.15) is 12.0 Å². The molecule has 0 aliphatic carbocycles. The molecule has 0 bridgehead atoms. The molecule has 0 radical (unpaired) electrons. The highest BCUT2D eigenvalue weighted by Gasteiger charge is 2.22. The summed E-state index contributed by atoms with van der Waals surface area (Å²) in [6.45, 7) is 3.69. The second-order valence-corrected chi connectivity index (χ2v) is 6.33. The lowest BCUT2D eigenvalue weighted by atomic mass is 10.1. The topological polar surface area (TPSA) is 66.9 Å². The van der Waals surface area contributed by atoms with Gasteiger partial charge in [0.1, 0.15) is 0 Å². The molecule has 1 fully saturated rings. The Morgan fingerprint density at radius 3 is 2.78 bits per heavy atom. The predicted molar refractivity (Wildman–Crippen MR) is 94.2 cm³/mol. The SMILES string of the molecule is Cc1cc(Sc2ncccn2)ccc1NC(=O)C1CCNC1.Cl. The number of nitrogens with one attached hydrogen (secondary N) is 2. The summed E-state index contributed by atoms with van der Waals surface area (Å²) >= 11 is 1.51. The molecule has 1 aromatic carbocycles. The Morgan fingerprint density at radius 1 is 1.35 bits per heavy atom. The maximum atomic E-state index is 12.2. The minimum absolute atomic E-state index is 0. The first-order chi connectivity index (χ1) is 10.7. The third kappa shape index (κ3) is 4.67. The zero-order chi connectivity index (χ0) is 15.4. The van der Waals surface area contributed by atoms with E-state index in [1.54, 1.807) is 18.5 Å². The van der Waals surface area contributed by atoms with Crippen molar-refractivity contribution in [1.82, 2.24) is 15.3 Å². The maximum Gasteiger partial charge on any atom is 0.228 e. The van der Waals surface area contributed by atoms with E-state index in [1.807, 2.05) is 25.1 Å². The summed E-state index contributed by atoms with van der Waals surface area (Å²) in [4.78, 5) is 21.6. The van der Waals surface area contributed by atoms with Crippen molar-refractivity contribution in [1.29, 1.82) is 0 Å². The average Bonchev–Trinajstić information content (AvgIpc) is 3.05. The molecule has 0 saturated carbocycles. The van der Waals surface area contributed by atoms with Gasteiger partial charge < -0.3 is 10.6 Å². The smallest absolute Gasteiger partial charge is 0.228 e. The lowest BCUT2D eigenvalue weighted by Crippen LogP contribution is -2.24. The summed E-state index contributed by atoms with van der Waals surface area (Å²) in [5.41, 5.74) is 1.91. The Hall–Kier alpha value is -1.63. The summed E-state index contributed by atoms with van der Waals surface area (Å²) in [6, 6.07) is 7.77. The van der Waals surface area contributed by atoms with E-state index < -0.39 is 0 Å². The van der Waals surface area contributed by atoms with E-state index in [2.05, 4.69) is 20.6 Å². The minimum Gasteiger partial charge on any atom is -0.326 e. The predicted octanol–water partition coefficient (Wildman–Crippen LogP) is 2.91. The van der Waals surface area contributed by atoms with Gasteiger partial charge in [-0.25, -0.2) is 9.97 Å². The highest BCUT2D eigenvalue weighted by molar-refractivity contribution is 7.99. The minimum atomic E-state index is 0. The first kappa shape index (κ1) is 17.7. The molecule has 1 unspecified atom stereocenters. The molecule has 1 aliphatic rings. The van der Waals surface area contributed by atoms with E-state index in [0.29, 0.717) is 0 Å². The molecular weight excluding hydrogens is 332 g/mol. The molecule has 2 aromatic rings. The van der Waals surface area contributed by atoms with E-state index in [9.17, 15) is 4.79 Å². The normalized spacial score (nSPS) is 16.7. The number of anilines is 1. The molecule has 3 rings (SSSR count). The van der Waals surface area contributed by atoms with Crippen LogP contribution in [0.15, 0.2) is 46.7 Å². The number of carbonyl (C=O) groups is 1.